The van der Waals surface area contributed by atoms with E-state index in [1.807, 2.05) is 36.0 Å². The third kappa shape index (κ3) is 4.89. The molecule has 0 spiro atoms. The fourth-order valence-corrected chi connectivity index (χ4v) is 8.67. The molecular formula is C45H30N4S. The summed E-state index contributed by atoms with van der Waals surface area (Å²) >= 11 is 1.91. The van der Waals surface area contributed by atoms with E-state index in [0.29, 0.717) is 23.5 Å². The Morgan fingerprint density at radius 1 is 0.520 bits per heavy atom. The first-order valence-electron chi connectivity index (χ1n) is 17.0. The molecule has 3 heterocycles. The standard InChI is InChI=1S/C45H30N4S/c1-4-12-29(13-5-1)31-20-22-33(23-21-31)44-46-43(32-16-8-3-9-17-32)47-45(48-44)49-39-25-24-34(30-14-6-2-7-15-30)26-36(39)37-28-42-38(27-40(37)49)35-18-10-11-19-41(35)50-42/h1-26,28,38H,27H2. The molecule has 0 radical (unpaired) electrons. The first-order valence-corrected chi connectivity index (χ1v) is 17.8. The van der Waals surface area contributed by atoms with Crippen molar-refractivity contribution in [2.24, 2.45) is 0 Å². The number of rotatable bonds is 5. The van der Waals surface area contributed by atoms with Crippen LogP contribution in [0.3, 0.4) is 0 Å². The molecular weight excluding hydrogens is 629 g/mol. The Hall–Kier alpha value is -6.04. The van der Waals surface area contributed by atoms with Crippen molar-refractivity contribution in [3.05, 3.63) is 179 Å². The molecule has 1 aliphatic carbocycles. The smallest absolute Gasteiger partial charge is 0.238 e. The van der Waals surface area contributed by atoms with E-state index in [4.69, 9.17) is 15.0 Å². The molecule has 0 saturated heterocycles. The van der Waals surface area contributed by atoms with Gasteiger partial charge in [-0.3, -0.25) is 4.57 Å². The Morgan fingerprint density at radius 2 is 1.06 bits per heavy atom. The molecule has 5 heteroatoms. The molecule has 0 bridgehead atoms. The molecule has 0 saturated carbocycles. The van der Waals surface area contributed by atoms with Crippen LogP contribution in [0.1, 0.15) is 22.7 Å². The Labute approximate surface area is 294 Å². The molecule has 0 N–H and O–H groups in total. The molecule has 1 unspecified atom stereocenters. The van der Waals surface area contributed by atoms with Crippen molar-refractivity contribution >= 4 is 28.7 Å². The Kier molecular flexibility index (Phi) is 6.84. The highest BCUT2D eigenvalue weighted by Crippen LogP contribution is 2.54. The predicted molar refractivity (Wildman–Crippen MR) is 205 cm³/mol. The summed E-state index contributed by atoms with van der Waals surface area (Å²) in [5.41, 5.74) is 11.6. The fraction of sp³-hybridized carbons (Fsp3) is 0.0444. The zero-order chi connectivity index (χ0) is 33.0. The van der Waals surface area contributed by atoms with Crippen LogP contribution >= 0.6 is 11.8 Å². The number of nitrogens with zero attached hydrogens (tertiary/aromatic N) is 4. The van der Waals surface area contributed by atoms with Crippen LogP contribution in [-0.2, 0) is 6.42 Å². The fourth-order valence-electron chi connectivity index (χ4n) is 7.41. The van der Waals surface area contributed by atoms with Gasteiger partial charge < -0.3 is 0 Å². The highest BCUT2D eigenvalue weighted by atomic mass is 32.2. The van der Waals surface area contributed by atoms with E-state index in [2.05, 4.69) is 144 Å². The van der Waals surface area contributed by atoms with E-state index < -0.39 is 0 Å². The number of hydrogen-bond acceptors (Lipinski definition) is 4. The van der Waals surface area contributed by atoms with E-state index in [1.165, 1.54) is 48.7 Å². The lowest BCUT2D eigenvalue weighted by molar-refractivity contribution is 0.757. The summed E-state index contributed by atoms with van der Waals surface area (Å²) in [6.07, 6.45) is 3.29. The minimum absolute atomic E-state index is 0.306. The van der Waals surface area contributed by atoms with Gasteiger partial charge in [-0.15, -0.1) is 0 Å². The van der Waals surface area contributed by atoms with E-state index in [1.54, 1.807) is 0 Å². The molecule has 1 atom stereocenters. The first kappa shape index (κ1) is 28.9. The SMILES string of the molecule is C1=C2Sc3ccccc3C2Cc2c1c1cc(-c3ccccc3)ccc1n2-c1nc(-c2ccccc2)nc(-c2ccc(-c3ccccc3)cc2)n1. The molecule has 10 rings (SSSR count). The van der Waals surface area contributed by atoms with Gasteiger partial charge in [0.2, 0.25) is 5.95 Å². The number of thioether (sulfide) groups is 1. The minimum atomic E-state index is 0.306. The molecule has 50 heavy (non-hydrogen) atoms. The highest BCUT2D eigenvalue weighted by molar-refractivity contribution is 8.03. The van der Waals surface area contributed by atoms with Crippen LogP contribution in [0.2, 0.25) is 0 Å². The van der Waals surface area contributed by atoms with Crippen molar-refractivity contribution in [1.29, 1.82) is 0 Å². The summed E-state index contributed by atoms with van der Waals surface area (Å²) in [5, 5.41) is 1.21. The predicted octanol–water partition coefficient (Wildman–Crippen LogP) is 11.3. The number of fused-ring (bicyclic) bond motifs is 6. The number of aromatic nitrogens is 4. The largest absolute Gasteiger partial charge is 0.282 e. The molecule has 0 amide bonds. The summed E-state index contributed by atoms with van der Waals surface area (Å²) in [7, 11) is 0. The van der Waals surface area contributed by atoms with E-state index in [0.717, 1.165) is 28.6 Å². The molecule has 4 nitrogen and oxygen atoms in total. The molecule has 1 aliphatic heterocycles. The number of hydrogen-bond donors (Lipinski definition) is 0. The van der Waals surface area contributed by atoms with Crippen molar-refractivity contribution in [2.45, 2.75) is 17.2 Å². The summed E-state index contributed by atoms with van der Waals surface area (Å²) < 4.78 is 2.30. The zero-order valence-corrected chi connectivity index (χ0v) is 27.9. The van der Waals surface area contributed by atoms with Gasteiger partial charge in [0, 0.05) is 45.0 Å². The van der Waals surface area contributed by atoms with Crippen LogP contribution in [0.25, 0.3) is 68.0 Å². The Balaban J connectivity index is 1.19. The average molecular weight is 659 g/mol. The maximum Gasteiger partial charge on any atom is 0.238 e. The van der Waals surface area contributed by atoms with E-state index in [9.17, 15) is 0 Å². The monoisotopic (exact) mass is 658 g/mol. The van der Waals surface area contributed by atoms with Crippen molar-refractivity contribution in [1.82, 2.24) is 19.5 Å². The van der Waals surface area contributed by atoms with Gasteiger partial charge in [-0.1, -0.05) is 151 Å². The third-order valence-electron chi connectivity index (χ3n) is 9.87. The van der Waals surface area contributed by atoms with Gasteiger partial charge in [-0.2, -0.15) is 9.97 Å². The lowest BCUT2D eigenvalue weighted by Crippen LogP contribution is -2.13. The van der Waals surface area contributed by atoms with Gasteiger partial charge in [0.15, 0.2) is 11.6 Å². The van der Waals surface area contributed by atoms with Gasteiger partial charge in [0.05, 0.1) is 5.52 Å². The lowest BCUT2D eigenvalue weighted by atomic mass is 9.87. The van der Waals surface area contributed by atoms with Crippen molar-refractivity contribution < 1.29 is 0 Å². The second-order valence-electron chi connectivity index (χ2n) is 12.8. The number of allylic oxidation sites excluding steroid dienone is 1. The van der Waals surface area contributed by atoms with Gasteiger partial charge in [0.1, 0.15) is 0 Å². The molecule has 0 fully saturated rings. The third-order valence-corrected chi connectivity index (χ3v) is 11.1. The first-order chi connectivity index (χ1) is 24.8. The van der Waals surface area contributed by atoms with Gasteiger partial charge >= 0.3 is 0 Å². The molecule has 6 aromatic carbocycles. The summed E-state index contributed by atoms with van der Waals surface area (Å²) in [5.74, 6) is 2.25. The quantitative estimate of drug-likeness (QED) is 0.185. The minimum Gasteiger partial charge on any atom is -0.282 e. The summed E-state index contributed by atoms with van der Waals surface area (Å²) in [6.45, 7) is 0. The Morgan fingerprint density at radius 3 is 1.76 bits per heavy atom. The molecule has 2 aromatic heterocycles. The summed E-state index contributed by atoms with van der Waals surface area (Å²) in [4.78, 5) is 18.3. The van der Waals surface area contributed by atoms with Crippen LogP contribution in [0.4, 0.5) is 0 Å². The number of benzene rings is 6. The maximum absolute atomic E-state index is 5.26. The van der Waals surface area contributed by atoms with Crippen LogP contribution in [0.15, 0.2) is 168 Å². The van der Waals surface area contributed by atoms with Crippen molar-refractivity contribution in [2.75, 3.05) is 0 Å². The second-order valence-corrected chi connectivity index (χ2v) is 13.9. The van der Waals surface area contributed by atoms with Gasteiger partial charge in [-0.25, -0.2) is 4.98 Å². The summed E-state index contributed by atoms with van der Waals surface area (Å²) in [6, 6.07) is 55.5. The Bertz CT molecular complexity index is 2570. The molecule has 2 aliphatic rings. The maximum atomic E-state index is 5.26. The normalized spacial score (nSPS) is 14.6. The van der Waals surface area contributed by atoms with Gasteiger partial charge in [-0.05, 0) is 57.0 Å². The lowest BCUT2D eigenvalue weighted by Gasteiger charge is -2.21. The van der Waals surface area contributed by atoms with Crippen LogP contribution in [-0.4, -0.2) is 19.5 Å². The second kappa shape index (κ2) is 11.8. The van der Waals surface area contributed by atoms with Crippen LogP contribution in [0.5, 0.6) is 0 Å². The topological polar surface area (TPSA) is 43.6 Å². The zero-order valence-electron chi connectivity index (χ0n) is 27.1. The molecule has 236 valence electrons. The van der Waals surface area contributed by atoms with Crippen LogP contribution < -0.4 is 0 Å². The van der Waals surface area contributed by atoms with Gasteiger partial charge in [0.25, 0.3) is 0 Å². The molecule has 8 aromatic rings. The van der Waals surface area contributed by atoms with E-state index >= 15 is 0 Å². The highest BCUT2D eigenvalue weighted by Gasteiger charge is 2.35. The van der Waals surface area contributed by atoms with Crippen molar-refractivity contribution in [3.63, 3.8) is 0 Å². The van der Waals surface area contributed by atoms with Crippen LogP contribution in [0, 0.1) is 0 Å². The van der Waals surface area contributed by atoms with E-state index in [-0.39, 0.29) is 0 Å². The average Bonchev–Trinajstić information content (AvgIpc) is 3.72. The van der Waals surface area contributed by atoms with Crippen molar-refractivity contribution in [3.8, 4) is 51.0 Å².